The molecule has 1 rings (SSSR count). The second kappa shape index (κ2) is 6.05. The molecule has 0 spiro atoms. The van der Waals surface area contributed by atoms with Crippen molar-refractivity contribution >= 4 is 11.9 Å². The summed E-state index contributed by atoms with van der Waals surface area (Å²) in [6, 6.07) is 6.23. The zero-order valence-electron chi connectivity index (χ0n) is 10.5. The number of hydrogen-bond donors (Lipinski definition) is 2. The number of phenolic OH excluding ortho intramolecular Hbond substituents is 1. The second-order valence-corrected chi connectivity index (χ2v) is 4.10. The minimum absolute atomic E-state index is 0.0936. The summed E-state index contributed by atoms with van der Waals surface area (Å²) in [5.74, 6) is -2.04. The molecule has 5 nitrogen and oxygen atoms in total. The quantitative estimate of drug-likeness (QED) is 0.832. The Hall–Kier alpha value is -2.04. The van der Waals surface area contributed by atoms with Gasteiger partial charge in [-0.1, -0.05) is 19.1 Å². The molecule has 0 aliphatic carbocycles. The minimum Gasteiger partial charge on any atom is -0.507 e. The highest BCUT2D eigenvalue weighted by molar-refractivity contribution is 5.97. The molecule has 1 aromatic carbocycles. The summed E-state index contributed by atoms with van der Waals surface area (Å²) in [7, 11) is 0. The number of hydrogen-bond acceptors (Lipinski definition) is 3. The number of aromatic hydroxyl groups is 1. The van der Waals surface area contributed by atoms with Crippen LogP contribution < -0.4 is 0 Å². The van der Waals surface area contributed by atoms with Gasteiger partial charge in [0.2, 0.25) is 0 Å². The molecule has 1 amide bonds. The monoisotopic (exact) mass is 251 g/mol. The second-order valence-electron chi connectivity index (χ2n) is 4.10. The van der Waals surface area contributed by atoms with Crippen LogP contribution >= 0.6 is 0 Å². The van der Waals surface area contributed by atoms with Crippen LogP contribution in [0.4, 0.5) is 0 Å². The van der Waals surface area contributed by atoms with Crippen molar-refractivity contribution < 1.29 is 19.8 Å². The molecule has 98 valence electrons. The number of phenols is 1. The summed E-state index contributed by atoms with van der Waals surface area (Å²) < 4.78 is 0. The Morgan fingerprint density at radius 1 is 1.33 bits per heavy atom. The van der Waals surface area contributed by atoms with Crippen LogP contribution in [0.1, 0.15) is 24.2 Å². The first-order valence-corrected chi connectivity index (χ1v) is 5.77. The maximum absolute atomic E-state index is 12.1. The summed E-state index contributed by atoms with van der Waals surface area (Å²) in [4.78, 5) is 24.3. The fourth-order valence-corrected chi connectivity index (χ4v) is 1.59. The lowest BCUT2D eigenvalue weighted by atomic mass is 10.1. The average Bonchev–Trinajstić information content (AvgIpc) is 2.35. The van der Waals surface area contributed by atoms with Gasteiger partial charge in [-0.2, -0.15) is 0 Å². The van der Waals surface area contributed by atoms with E-state index in [1.54, 1.807) is 26.0 Å². The van der Waals surface area contributed by atoms with Crippen LogP contribution in [0.15, 0.2) is 24.3 Å². The Labute approximate surface area is 106 Å². The third-order valence-corrected chi connectivity index (χ3v) is 2.72. The van der Waals surface area contributed by atoms with Crippen molar-refractivity contribution in [3.05, 3.63) is 29.8 Å². The molecule has 5 heteroatoms. The van der Waals surface area contributed by atoms with Crippen LogP contribution in [-0.4, -0.2) is 40.1 Å². The molecule has 0 aliphatic heterocycles. The van der Waals surface area contributed by atoms with Gasteiger partial charge in [0.25, 0.3) is 5.91 Å². The largest absolute Gasteiger partial charge is 0.507 e. The van der Waals surface area contributed by atoms with Crippen LogP contribution in [0.3, 0.4) is 0 Å². The Kier molecular flexibility index (Phi) is 4.71. The summed E-state index contributed by atoms with van der Waals surface area (Å²) in [6.45, 7) is 3.83. The molecule has 1 aromatic rings. The van der Waals surface area contributed by atoms with E-state index < -0.39 is 11.9 Å². The Morgan fingerprint density at radius 2 is 1.94 bits per heavy atom. The van der Waals surface area contributed by atoms with Crippen LogP contribution in [-0.2, 0) is 4.79 Å². The number of carbonyl (C=O) groups excluding carboxylic acids is 1. The third-order valence-electron chi connectivity index (χ3n) is 2.72. The summed E-state index contributed by atoms with van der Waals surface area (Å²) in [5.41, 5.74) is 0.192. The van der Waals surface area contributed by atoms with Gasteiger partial charge in [-0.05, 0) is 19.1 Å². The van der Waals surface area contributed by atoms with E-state index in [0.717, 1.165) is 0 Å². The lowest BCUT2D eigenvalue weighted by Crippen LogP contribution is -2.36. The van der Waals surface area contributed by atoms with E-state index in [9.17, 15) is 14.7 Å². The first-order chi connectivity index (χ1) is 8.47. The van der Waals surface area contributed by atoms with E-state index in [4.69, 9.17) is 5.11 Å². The molecule has 0 radical (unpaired) electrons. The van der Waals surface area contributed by atoms with Crippen molar-refractivity contribution in [2.45, 2.75) is 13.8 Å². The number of carboxylic acid groups (broad SMARTS) is 1. The maximum Gasteiger partial charge on any atom is 0.308 e. The average molecular weight is 251 g/mol. The first kappa shape index (κ1) is 14.0. The van der Waals surface area contributed by atoms with Gasteiger partial charge < -0.3 is 15.1 Å². The van der Waals surface area contributed by atoms with E-state index in [0.29, 0.717) is 6.54 Å². The van der Waals surface area contributed by atoms with E-state index in [2.05, 4.69) is 0 Å². The fraction of sp³-hybridized carbons (Fsp3) is 0.385. The molecule has 0 bridgehead atoms. The predicted molar refractivity (Wildman–Crippen MR) is 66.5 cm³/mol. The van der Waals surface area contributed by atoms with Gasteiger partial charge in [0, 0.05) is 13.1 Å². The molecule has 0 fully saturated rings. The third kappa shape index (κ3) is 3.23. The van der Waals surface area contributed by atoms with E-state index in [1.165, 1.54) is 17.0 Å². The molecular formula is C13H17NO4. The lowest BCUT2D eigenvalue weighted by Gasteiger charge is -2.23. The summed E-state index contributed by atoms with van der Waals surface area (Å²) in [6.07, 6.45) is 0. The van der Waals surface area contributed by atoms with Crippen molar-refractivity contribution in [2.24, 2.45) is 5.92 Å². The smallest absolute Gasteiger partial charge is 0.308 e. The standard InChI is InChI=1S/C13H17NO4/c1-3-14(8-9(2)13(17)18)12(16)10-6-4-5-7-11(10)15/h4-7,9,15H,3,8H2,1-2H3,(H,17,18). The molecule has 0 saturated heterocycles. The number of aliphatic carboxylic acids is 1. The highest BCUT2D eigenvalue weighted by Crippen LogP contribution is 2.18. The van der Waals surface area contributed by atoms with Gasteiger partial charge >= 0.3 is 5.97 Å². The lowest BCUT2D eigenvalue weighted by molar-refractivity contribution is -0.141. The van der Waals surface area contributed by atoms with E-state index in [1.807, 2.05) is 0 Å². The fourth-order valence-electron chi connectivity index (χ4n) is 1.59. The highest BCUT2D eigenvalue weighted by atomic mass is 16.4. The van der Waals surface area contributed by atoms with Gasteiger partial charge in [-0.3, -0.25) is 9.59 Å². The number of carbonyl (C=O) groups is 2. The molecule has 1 unspecified atom stereocenters. The zero-order chi connectivity index (χ0) is 13.7. The molecule has 0 saturated carbocycles. The van der Waals surface area contributed by atoms with Gasteiger partial charge in [0.1, 0.15) is 5.75 Å². The number of rotatable bonds is 5. The zero-order valence-corrected chi connectivity index (χ0v) is 10.5. The van der Waals surface area contributed by atoms with Crippen molar-refractivity contribution in [2.75, 3.05) is 13.1 Å². The highest BCUT2D eigenvalue weighted by Gasteiger charge is 2.21. The number of carboxylic acids is 1. The van der Waals surface area contributed by atoms with Crippen LogP contribution in [0.2, 0.25) is 0 Å². The topological polar surface area (TPSA) is 77.8 Å². The Balaban J connectivity index is 2.86. The van der Waals surface area contributed by atoms with Crippen LogP contribution in [0.25, 0.3) is 0 Å². The van der Waals surface area contributed by atoms with Gasteiger partial charge in [-0.25, -0.2) is 0 Å². The Bertz CT molecular complexity index is 444. The van der Waals surface area contributed by atoms with Gasteiger partial charge in [0.15, 0.2) is 0 Å². The molecule has 0 heterocycles. The van der Waals surface area contributed by atoms with Crippen molar-refractivity contribution in [3.63, 3.8) is 0 Å². The van der Waals surface area contributed by atoms with Gasteiger partial charge in [0.05, 0.1) is 11.5 Å². The number of nitrogens with zero attached hydrogens (tertiary/aromatic N) is 1. The van der Waals surface area contributed by atoms with E-state index >= 15 is 0 Å². The number of amides is 1. The molecule has 0 aliphatic rings. The minimum atomic E-state index is -0.946. The van der Waals surface area contributed by atoms with E-state index in [-0.39, 0.29) is 23.8 Å². The van der Waals surface area contributed by atoms with Crippen LogP contribution in [0, 0.1) is 5.92 Å². The molecule has 1 atom stereocenters. The summed E-state index contributed by atoms with van der Waals surface area (Å²) >= 11 is 0. The number of benzene rings is 1. The van der Waals surface area contributed by atoms with Crippen molar-refractivity contribution in [3.8, 4) is 5.75 Å². The van der Waals surface area contributed by atoms with Gasteiger partial charge in [-0.15, -0.1) is 0 Å². The SMILES string of the molecule is CCN(CC(C)C(=O)O)C(=O)c1ccccc1O. The van der Waals surface area contributed by atoms with Crippen LogP contribution in [0.5, 0.6) is 5.75 Å². The maximum atomic E-state index is 12.1. The predicted octanol–water partition coefficient (Wildman–Crippen LogP) is 1.57. The summed E-state index contributed by atoms with van der Waals surface area (Å²) in [5, 5.41) is 18.5. The molecular weight excluding hydrogens is 234 g/mol. The Morgan fingerprint density at radius 3 is 2.44 bits per heavy atom. The molecule has 0 aromatic heterocycles. The normalized spacial score (nSPS) is 11.9. The first-order valence-electron chi connectivity index (χ1n) is 5.77. The molecule has 18 heavy (non-hydrogen) atoms. The van der Waals surface area contributed by atoms with Crippen molar-refractivity contribution in [1.82, 2.24) is 4.90 Å². The number of para-hydroxylation sites is 1. The molecule has 2 N–H and O–H groups in total. The van der Waals surface area contributed by atoms with Crippen molar-refractivity contribution in [1.29, 1.82) is 0 Å².